The van der Waals surface area contributed by atoms with Crippen LogP contribution in [0.1, 0.15) is 155 Å². The van der Waals surface area contributed by atoms with Gasteiger partial charge in [0.05, 0.1) is 33.8 Å². The molecule has 0 spiro atoms. The first-order valence-corrected chi connectivity index (χ1v) is 33.1. The summed E-state index contributed by atoms with van der Waals surface area (Å²) in [5.41, 5.74) is 4.05. The molecule has 1 aliphatic rings. The van der Waals surface area contributed by atoms with Gasteiger partial charge in [0.15, 0.2) is 22.8 Å². The number of nitrogens with one attached hydrogen (secondary N) is 2. The first kappa shape index (κ1) is 72.2. The molecule has 29 heteroatoms. The lowest BCUT2D eigenvalue weighted by Gasteiger charge is -2.36. The van der Waals surface area contributed by atoms with Gasteiger partial charge in [0.25, 0.3) is 15.6 Å². The highest BCUT2D eigenvalue weighted by Gasteiger charge is 2.47. The Labute approximate surface area is 484 Å². The summed E-state index contributed by atoms with van der Waals surface area (Å²) in [5.74, 6) is -1.53. The van der Waals surface area contributed by atoms with Gasteiger partial charge < -0.3 is 69.0 Å². The monoisotopic (exact) mass is 1230 g/mol. The van der Waals surface area contributed by atoms with Crippen LogP contribution in [0.2, 0.25) is 0 Å². The highest BCUT2D eigenvalue weighted by atomic mass is 32.2. The summed E-state index contributed by atoms with van der Waals surface area (Å²) in [6.45, 7) is 2.07. The van der Waals surface area contributed by atoms with Gasteiger partial charge in [-0.1, -0.05) is 151 Å². The molecule has 7 atom stereocenters. The molecule has 0 radical (unpaired) electrons. The van der Waals surface area contributed by atoms with Crippen molar-refractivity contribution in [2.45, 2.75) is 180 Å². The molecule has 3 rings (SSSR count). The van der Waals surface area contributed by atoms with Crippen LogP contribution < -0.4 is 35.9 Å². The van der Waals surface area contributed by atoms with Crippen LogP contribution in [0.5, 0.6) is 0 Å². The Morgan fingerprint density at radius 2 is 1.34 bits per heavy atom. The SMILES string of the molecule is CCC=CCC=CCC=CCC=CCC=CCCCCCCCCCCCCCC(=O)CC(=O)SCCNC(=O)CCNC(=O)C(O)C(C)(C)COP(=O)([O-])OP(=O)([O-])OCC1OC(n2cnc3c(N)ncnc32)C(O)C1OP(=O)([O-])[O-]. The molecule has 0 aromatic carbocycles. The molecular weight excluding hydrogens is 1150 g/mol. The molecule has 462 valence electrons. The number of rotatable bonds is 44. The summed E-state index contributed by atoms with van der Waals surface area (Å²) in [6, 6.07) is 0. The Morgan fingerprint density at radius 1 is 0.780 bits per heavy atom. The van der Waals surface area contributed by atoms with Crippen molar-refractivity contribution >= 4 is 74.9 Å². The summed E-state index contributed by atoms with van der Waals surface area (Å²) < 4.78 is 61.0. The minimum Gasteiger partial charge on any atom is -0.790 e. The lowest BCUT2D eigenvalue weighted by Crippen LogP contribution is -2.46. The van der Waals surface area contributed by atoms with E-state index < -0.39 is 84.6 Å². The molecule has 2 aromatic rings. The number of hydrogen-bond acceptors (Lipinski definition) is 23. The molecule has 0 saturated carbocycles. The third kappa shape index (κ3) is 30.1. The van der Waals surface area contributed by atoms with Crippen LogP contribution >= 0.6 is 35.2 Å². The third-order valence-electron chi connectivity index (χ3n) is 12.6. The highest BCUT2D eigenvalue weighted by Crippen LogP contribution is 2.56. The number of hydrogen-bond donors (Lipinski definition) is 5. The fourth-order valence-electron chi connectivity index (χ4n) is 8.12. The van der Waals surface area contributed by atoms with Crippen LogP contribution in [0.25, 0.3) is 11.2 Å². The van der Waals surface area contributed by atoms with E-state index in [4.69, 9.17) is 10.5 Å². The number of aliphatic hydroxyl groups is 2. The van der Waals surface area contributed by atoms with E-state index in [1.54, 1.807) is 0 Å². The number of Topliss-reactive ketones (excluding diaryl/α,β-unsaturated/α-hetero) is 1. The van der Waals surface area contributed by atoms with Crippen molar-refractivity contribution in [2.24, 2.45) is 5.41 Å². The average Bonchev–Trinajstić information content (AvgIpc) is 4.16. The number of ketones is 1. The van der Waals surface area contributed by atoms with Gasteiger partial charge >= 0.3 is 0 Å². The minimum atomic E-state index is -5.94. The number of thioether (sulfide) groups is 1. The van der Waals surface area contributed by atoms with Gasteiger partial charge in [-0.3, -0.25) is 32.9 Å². The number of nitrogens with zero attached hydrogens (tertiary/aromatic N) is 4. The number of imidazole rings is 1. The number of fused-ring (bicyclic) bond motifs is 1. The van der Waals surface area contributed by atoms with E-state index >= 15 is 0 Å². The summed E-state index contributed by atoms with van der Waals surface area (Å²) >= 11 is 0.927. The van der Waals surface area contributed by atoms with Gasteiger partial charge in [0.2, 0.25) is 11.8 Å². The van der Waals surface area contributed by atoms with E-state index in [0.29, 0.717) is 6.42 Å². The smallest absolute Gasteiger partial charge is 0.274 e. The Hall–Kier alpha value is -4.07. The Bertz CT molecular complexity index is 2580. The van der Waals surface area contributed by atoms with Gasteiger partial charge in [0, 0.05) is 37.1 Å². The molecular formula is C53H82N7O18P3S-4. The number of carbonyl (C=O) groups is 4. The second-order valence-electron chi connectivity index (χ2n) is 20.1. The maximum atomic E-state index is 12.7. The molecule has 1 saturated heterocycles. The number of amides is 2. The third-order valence-corrected chi connectivity index (χ3v) is 16.5. The second kappa shape index (κ2) is 38.8. The minimum absolute atomic E-state index is 0.0266. The normalized spacial score (nSPS) is 19.0. The van der Waals surface area contributed by atoms with E-state index in [0.717, 1.165) is 93.2 Å². The van der Waals surface area contributed by atoms with Crippen LogP contribution in [-0.4, -0.2) is 109 Å². The number of nitrogen functional groups attached to an aromatic ring is 1. The van der Waals surface area contributed by atoms with E-state index in [9.17, 15) is 62.7 Å². The lowest BCUT2D eigenvalue weighted by molar-refractivity contribution is -0.347. The predicted octanol–water partition coefficient (Wildman–Crippen LogP) is 5.92. The second-order valence-corrected chi connectivity index (χ2v) is 25.3. The molecule has 0 bridgehead atoms. The van der Waals surface area contributed by atoms with Gasteiger partial charge in [-0.05, 0) is 51.4 Å². The van der Waals surface area contributed by atoms with E-state index in [2.05, 4.69) is 111 Å². The fraction of sp³-hybridized carbons (Fsp3) is 0.642. The zero-order valence-corrected chi connectivity index (χ0v) is 50.5. The number of aromatic nitrogens is 4. The maximum Gasteiger partial charge on any atom is 0.274 e. The summed E-state index contributed by atoms with van der Waals surface area (Å²) in [6.07, 6.45) is 33.3. The molecule has 6 N–H and O–H groups in total. The van der Waals surface area contributed by atoms with Crippen LogP contribution in [0.4, 0.5) is 5.82 Å². The number of carbonyl (C=O) groups excluding carboxylic acids is 4. The number of phosphoric acid groups is 3. The molecule has 2 amide bonds. The zero-order valence-electron chi connectivity index (χ0n) is 47.0. The number of phosphoric ester groups is 3. The van der Waals surface area contributed by atoms with Crippen molar-refractivity contribution in [3.05, 3.63) is 73.4 Å². The Morgan fingerprint density at radius 3 is 1.94 bits per heavy atom. The van der Waals surface area contributed by atoms with Crippen molar-refractivity contribution in [3.63, 3.8) is 0 Å². The van der Waals surface area contributed by atoms with Crippen molar-refractivity contribution in [3.8, 4) is 0 Å². The molecule has 3 heterocycles. The lowest BCUT2D eigenvalue weighted by atomic mass is 9.87. The van der Waals surface area contributed by atoms with Crippen LogP contribution in [0, 0.1) is 5.41 Å². The van der Waals surface area contributed by atoms with Gasteiger partial charge in [-0.2, -0.15) is 0 Å². The topological polar surface area (TPSA) is 392 Å². The molecule has 1 fully saturated rings. The predicted molar refractivity (Wildman–Crippen MR) is 302 cm³/mol. The first-order valence-electron chi connectivity index (χ1n) is 27.7. The quantitative estimate of drug-likeness (QED) is 0.0222. The average molecular weight is 1230 g/mol. The molecule has 7 unspecified atom stereocenters. The maximum absolute atomic E-state index is 12.7. The number of allylic oxidation sites excluding steroid dienone is 10. The number of nitrogens with two attached hydrogens (primary N) is 1. The number of aliphatic hydroxyl groups excluding tert-OH is 2. The van der Waals surface area contributed by atoms with E-state index in [-0.39, 0.29) is 59.6 Å². The number of unbranched alkanes of at least 4 members (excludes halogenated alkanes) is 11. The fourth-order valence-corrected chi connectivity index (χ4v) is 11.5. The van der Waals surface area contributed by atoms with Gasteiger partial charge in [-0.15, -0.1) is 0 Å². The molecule has 25 nitrogen and oxygen atoms in total. The molecule has 2 aromatic heterocycles. The Balaban J connectivity index is 1.18. The zero-order chi connectivity index (χ0) is 60.4. The van der Waals surface area contributed by atoms with Crippen molar-refractivity contribution in [1.29, 1.82) is 0 Å². The number of ether oxygens (including phenoxy) is 1. The van der Waals surface area contributed by atoms with Crippen LogP contribution in [0.15, 0.2) is 73.4 Å². The molecule has 1 aliphatic heterocycles. The molecule has 0 aliphatic carbocycles. The highest BCUT2D eigenvalue weighted by molar-refractivity contribution is 8.13. The molecule has 82 heavy (non-hydrogen) atoms. The van der Waals surface area contributed by atoms with Crippen molar-refractivity contribution in [2.75, 3.05) is 37.8 Å². The summed E-state index contributed by atoms with van der Waals surface area (Å²) in [5, 5.41) is 26.1. The standard InChI is InChI=1S/C53H86N7O18P3S/c1-4-5-6-7-8-9-10-11-12-13-14-15-16-17-18-19-20-21-22-23-24-25-26-27-28-29-30-31-41(61)36-44(63)82-35-34-55-43(62)32-33-56-51(66)48(65)53(2,3)38-75-81(72,73)78-80(70,71)74-37-42-47(77-79(67,68)69)46(64)52(76-42)60-40-59-45-49(54)57-39-58-50(45)60/h5-6,8-9,11-12,14-15,17-18,39-40,42,46-48,52,64-65H,4,7,10,13,16,19-38H2,1-3H3,(H,55,62)(H,56,66)(H,70,71)(H,72,73)(H2,54,57,58)(H2,67,68,69)/p-4. The summed E-state index contributed by atoms with van der Waals surface area (Å²) in [4.78, 5) is 110. The summed E-state index contributed by atoms with van der Waals surface area (Å²) in [7, 11) is -17.7. The Kier molecular flexibility index (Phi) is 34.1. The van der Waals surface area contributed by atoms with Gasteiger partial charge in [0.1, 0.15) is 42.0 Å². The largest absolute Gasteiger partial charge is 0.790 e. The van der Waals surface area contributed by atoms with Gasteiger partial charge in [-0.25, -0.2) is 19.3 Å². The van der Waals surface area contributed by atoms with Crippen molar-refractivity contribution in [1.82, 2.24) is 30.2 Å². The van der Waals surface area contributed by atoms with E-state index in [1.807, 2.05) is 0 Å². The van der Waals surface area contributed by atoms with Crippen molar-refractivity contribution < 1.29 is 85.3 Å². The first-order chi connectivity index (χ1) is 38.9. The number of anilines is 1. The van der Waals surface area contributed by atoms with Crippen LogP contribution in [0.3, 0.4) is 0 Å². The van der Waals surface area contributed by atoms with E-state index in [1.165, 1.54) is 58.8 Å². The van der Waals surface area contributed by atoms with Crippen LogP contribution in [-0.2, 0) is 55.5 Å².